The van der Waals surface area contributed by atoms with Crippen molar-refractivity contribution in [3.8, 4) is 0 Å². The van der Waals surface area contributed by atoms with E-state index in [9.17, 15) is 4.79 Å². The van der Waals surface area contributed by atoms with Crippen molar-refractivity contribution in [2.75, 3.05) is 26.7 Å². The van der Waals surface area contributed by atoms with Crippen LogP contribution in [0.5, 0.6) is 0 Å². The summed E-state index contributed by atoms with van der Waals surface area (Å²) >= 11 is 0. The van der Waals surface area contributed by atoms with Crippen LogP contribution in [0.3, 0.4) is 0 Å². The van der Waals surface area contributed by atoms with E-state index in [2.05, 4.69) is 87.0 Å². The van der Waals surface area contributed by atoms with Gasteiger partial charge < -0.3 is 9.47 Å². The van der Waals surface area contributed by atoms with Crippen LogP contribution >= 0.6 is 0 Å². The van der Waals surface area contributed by atoms with Gasteiger partial charge in [0, 0.05) is 44.5 Å². The number of nitrogens with zero attached hydrogens (tertiary/aromatic N) is 6. The molecule has 0 atom stereocenters. The van der Waals surface area contributed by atoms with Gasteiger partial charge in [0.2, 0.25) is 5.91 Å². The minimum Gasteiger partial charge on any atom is -0.338 e. The SMILES string of the molecule is Cc1ccc(/C(=C\CN2CCCC2)c2cccc(C=CC(=O)N(C)Cc3ccc(Cn4c(C)nc5cnccc54)cc3)n2)cc1. The molecule has 0 radical (unpaired) electrons. The molecule has 0 bridgehead atoms. The van der Waals surface area contributed by atoms with E-state index in [1.807, 2.05) is 38.2 Å². The lowest BCUT2D eigenvalue weighted by atomic mass is 10.00. The van der Waals surface area contributed by atoms with Gasteiger partial charge in [-0.1, -0.05) is 66.2 Å². The molecule has 5 aromatic rings. The van der Waals surface area contributed by atoms with Gasteiger partial charge in [0.1, 0.15) is 11.3 Å². The number of imidazole rings is 1. The maximum Gasteiger partial charge on any atom is 0.246 e. The monoisotopic (exact) mass is 596 g/mol. The molecule has 0 N–H and O–H groups in total. The minimum absolute atomic E-state index is 0.0660. The Morgan fingerprint density at radius 1 is 0.911 bits per heavy atom. The first-order valence-electron chi connectivity index (χ1n) is 15.7. The lowest BCUT2D eigenvalue weighted by Gasteiger charge is -2.16. The number of aryl methyl sites for hydroxylation is 2. The van der Waals surface area contributed by atoms with Gasteiger partial charge >= 0.3 is 0 Å². The molecule has 1 fully saturated rings. The molecule has 0 unspecified atom stereocenters. The van der Waals surface area contributed by atoms with Crippen LogP contribution in [0, 0.1) is 13.8 Å². The first kappa shape index (κ1) is 30.2. The van der Waals surface area contributed by atoms with Crippen LogP contribution in [0.25, 0.3) is 22.7 Å². The number of likely N-dealkylation sites (tertiary alicyclic amines) is 1. The Hall–Kier alpha value is -4.88. The van der Waals surface area contributed by atoms with Gasteiger partial charge in [-0.2, -0.15) is 0 Å². The summed E-state index contributed by atoms with van der Waals surface area (Å²) in [5, 5.41) is 0. The Bertz CT molecular complexity index is 1830. The van der Waals surface area contributed by atoms with Crippen LogP contribution in [-0.2, 0) is 17.9 Å². The van der Waals surface area contributed by atoms with Gasteiger partial charge in [0.15, 0.2) is 0 Å². The Morgan fingerprint density at radius 3 is 2.44 bits per heavy atom. The molecule has 0 saturated carbocycles. The molecule has 3 aromatic heterocycles. The van der Waals surface area contributed by atoms with Crippen molar-refractivity contribution < 1.29 is 4.79 Å². The fraction of sp³-hybridized carbons (Fsp3) is 0.263. The normalized spacial score (nSPS) is 14.1. The van der Waals surface area contributed by atoms with Gasteiger partial charge in [-0.3, -0.25) is 14.7 Å². The average molecular weight is 597 g/mol. The number of aromatic nitrogens is 4. The fourth-order valence-corrected chi connectivity index (χ4v) is 5.85. The van der Waals surface area contributed by atoms with E-state index in [1.165, 1.54) is 24.0 Å². The maximum absolute atomic E-state index is 13.1. The summed E-state index contributed by atoms with van der Waals surface area (Å²) in [6.07, 6.45) is 11.9. The highest BCUT2D eigenvalue weighted by atomic mass is 16.2. The molecule has 228 valence electrons. The molecule has 4 heterocycles. The molecular formula is C38H40N6O. The Balaban J connectivity index is 1.11. The smallest absolute Gasteiger partial charge is 0.246 e. The molecule has 1 amide bonds. The Labute approximate surface area is 265 Å². The van der Waals surface area contributed by atoms with E-state index in [4.69, 9.17) is 4.98 Å². The average Bonchev–Trinajstić information content (AvgIpc) is 3.69. The number of likely N-dealkylation sites (N-methyl/N-ethyl adjacent to an activating group) is 1. The van der Waals surface area contributed by atoms with E-state index in [1.54, 1.807) is 23.4 Å². The second-order valence-corrected chi connectivity index (χ2v) is 11.9. The highest BCUT2D eigenvalue weighted by Crippen LogP contribution is 2.24. The summed E-state index contributed by atoms with van der Waals surface area (Å²) in [5.74, 6) is 0.896. The van der Waals surface area contributed by atoms with Crippen LogP contribution in [0.15, 0.2) is 97.3 Å². The van der Waals surface area contributed by atoms with Gasteiger partial charge in [-0.25, -0.2) is 9.97 Å². The number of carbonyl (C=O) groups excluding carboxylic acids is 1. The van der Waals surface area contributed by atoms with Crippen molar-refractivity contribution in [1.29, 1.82) is 0 Å². The van der Waals surface area contributed by atoms with E-state index < -0.39 is 0 Å². The largest absolute Gasteiger partial charge is 0.338 e. The zero-order valence-electron chi connectivity index (χ0n) is 26.4. The topological polar surface area (TPSA) is 67.2 Å². The number of benzene rings is 2. The third-order valence-electron chi connectivity index (χ3n) is 8.46. The van der Waals surface area contributed by atoms with Crippen molar-refractivity contribution in [2.45, 2.75) is 39.8 Å². The number of carbonyl (C=O) groups is 1. The highest BCUT2D eigenvalue weighted by Gasteiger charge is 2.13. The molecule has 0 spiro atoms. The van der Waals surface area contributed by atoms with Crippen LogP contribution in [0.2, 0.25) is 0 Å². The Morgan fingerprint density at radius 2 is 1.67 bits per heavy atom. The quantitative estimate of drug-likeness (QED) is 0.168. The second-order valence-electron chi connectivity index (χ2n) is 11.9. The van der Waals surface area contributed by atoms with Gasteiger partial charge in [0.05, 0.1) is 23.1 Å². The first-order valence-corrected chi connectivity index (χ1v) is 15.7. The number of amides is 1. The number of rotatable bonds is 10. The second kappa shape index (κ2) is 13.8. The van der Waals surface area contributed by atoms with Crippen molar-refractivity contribution >= 4 is 28.6 Å². The van der Waals surface area contributed by atoms with Crippen LogP contribution < -0.4 is 0 Å². The van der Waals surface area contributed by atoms with Crippen molar-refractivity contribution in [3.63, 3.8) is 0 Å². The highest BCUT2D eigenvalue weighted by molar-refractivity contribution is 5.91. The molecule has 45 heavy (non-hydrogen) atoms. The number of hydrogen-bond donors (Lipinski definition) is 0. The summed E-state index contributed by atoms with van der Waals surface area (Å²) in [5.41, 5.74) is 9.42. The fourth-order valence-electron chi connectivity index (χ4n) is 5.85. The van der Waals surface area contributed by atoms with Gasteiger partial charge in [-0.05, 0) is 80.7 Å². The molecule has 7 heteroatoms. The zero-order valence-corrected chi connectivity index (χ0v) is 26.4. The molecule has 2 aromatic carbocycles. The van der Waals surface area contributed by atoms with E-state index in [0.29, 0.717) is 6.54 Å². The van der Waals surface area contributed by atoms with Crippen molar-refractivity contribution in [2.24, 2.45) is 0 Å². The summed E-state index contributed by atoms with van der Waals surface area (Å²) in [6.45, 7) is 8.58. The van der Waals surface area contributed by atoms with Crippen LogP contribution in [0.1, 0.15) is 52.3 Å². The predicted octanol–water partition coefficient (Wildman–Crippen LogP) is 6.69. The first-order chi connectivity index (χ1) is 21.9. The third-order valence-corrected chi connectivity index (χ3v) is 8.46. The molecule has 0 aliphatic carbocycles. The third kappa shape index (κ3) is 7.44. The van der Waals surface area contributed by atoms with Gasteiger partial charge in [0.25, 0.3) is 0 Å². The van der Waals surface area contributed by atoms with E-state index in [-0.39, 0.29) is 5.91 Å². The van der Waals surface area contributed by atoms with Crippen molar-refractivity contribution in [1.82, 2.24) is 29.3 Å². The Kier molecular flexibility index (Phi) is 9.27. The van der Waals surface area contributed by atoms with E-state index >= 15 is 0 Å². The maximum atomic E-state index is 13.1. The van der Waals surface area contributed by atoms with Gasteiger partial charge in [-0.15, -0.1) is 0 Å². The minimum atomic E-state index is -0.0660. The predicted molar refractivity (Wildman–Crippen MR) is 181 cm³/mol. The van der Waals surface area contributed by atoms with Crippen molar-refractivity contribution in [3.05, 3.63) is 137 Å². The standard InChI is InChI=1S/C38H40N6O/c1-28-9-15-32(16-10-28)34(20-24-43-22-4-5-23-43)35-8-6-7-33(41-35)17-18-38(45)42(3)26-30-11-13-31(14-12-30)27-44-29(2)40-36-25-39-21-19-37(36)44/h6-21,25H,4-5,22-24,26-27H2,1-3H3/b18-17?,34-20+. The van der Waals surface area contributed by atoms with E-state index in [0.717, 1.165) is 71.1 Å². The molecular weight excluding hydrogens is 556 g/mol. The molecule has 1 aliphatic rings. The summed E-state index contributed by atoms with van der Waals surface area (Å²) in [7, 11) is 1.83. The number of hydrogen-bond acceptors (Lipinski definition) is 5. The summed E-state index contributed by atoms with van der Waals surface area (Å²) in [6, 6.07) is 25.0. The molecule has 6 rings (SSSR count). The number of fused-ring (bicyclic) bond motifs is 1. The zero-order chi connectivity index (χ0) is 31.2. The van der Waals surface area contributed by atoms with Crippen LogP contribution in [0.4, 0.5) is 0 Å². The molecule has 1 aliphatic heterocycles. The summed E-state index contributed by atoms with van der Waals surface area (Å²) in [4.78, 5) is 31.0. The lowest BCUT2D eigenvalue weighted by molar-refractivity contribution is -0.125. The number of pyridine rings is 2. The molecule has 7 nitrogen and oxygen atoms in total. The van der Waals surface area contributed by atoms with Crippen LogP contribution in [-0.4, -0.2) is 61.9 Å². The lowest BCUT2D eigenvalue weighted by Crippen LogP contribution is -2.24. The molecule has 1 saturated heterocycles. The summed E-state index contributed by atoms with van der Waals surface area (Å²) < 4.78 is 2.20.